The number of pyridine rings is 1. The van der Waals surface area contributed by atoms with Gasteiger partial charge < -0.3 is 10.2 Å². The van der Waals surface area contributed by atoms with Crippen molar-refractivity contribution >= 4 is 11.9 Å². The van der Waals surface area contributed by atoms with Gasteiger partial charge in [0.15, 0.2) is 0 Å². The molecule has 76 valence electrons. The molecule has 0 aliphatic carbocycles. The fourth-order valence-electron chi connectivity index (χ4n) is 0.805. The largest absolute Gasteiger partial charge is 0.481 e. The van der Waals surface area contributed by atoms with Crippen LogP contribution in [0.5, 0.6) is 0 Å². The van der Waals surface area contributed by atoms with Crippen LogP contribution in [-0.4, -0.2) is 27.1 Å². The van der Waals surface area contributed by atoms with Gasteiger partial charge in [-0.1, -0.05) is 5.92 Å². The molecule has 0 spiro atoms. The van der Waals surface area contributed by atoms with Gasteiger partial charge in [-0.3, -0.25) is 4.79 Å². The summed E-state index contributed by atoms with van der Waals surface area (Å²) in [7, 11) is 0. The molecule has 5 nitrogen and oxygen atoms in total. The lowest BCUT2D eigenvalue weighted by Crippen LogP contribution is -1.97. The highest BCUT2D eigenvalue weighted by Crippen LogP contribution is 1.98. The molecule has 2 N–H and O–H groups in total. The van der Waals surface area contributed by atoms with Crippen molar-refractivity contribution in [2.45, 2.75) is 6.42 Å². The average molecular weight is 205 g/mol. The topological polar surface area (TPSA) is 87.5 Å². The van der Waals surface area contributed by atoms with E-state index in [-0.39, 0.29) is 12.0 Å². The molecule has 5 heteroatoms. The Morgan fingerprint density at radius 1 is 1.33 bits per heavy atom. The van der Waals surface area contributed by atoms with Gasteiger partial charge in [-0.15, -0.1) is 0 Å². The summed E-state index contributed by atoms with van der Waals surface area (Å²) in [6.45, 7) is 0. The van der Waals surface area contributed by atoms with Gasteiger partial charge in [-0.05, 0) is 18.1 Å². The van der Waals surface area contributed by atoms with Gasteiger partial charge >= 0.3 is 11.9 Å². The molecule has 0 atom stereocenters. The summed E-state index contributed by atoms with van der Waals surface area (Å²) < 4.78 is 0. The minimum atomic E-state index is -1.06. The molecule has 0 aliphatic rings. The van der Waals surface area contributed by atoms with Crippen molar-refractivity contribution in [1.29, 1.82) is 0 Å². The molecule has 0 radical (unpaired) electrons. The average Bonchev–Trinajstić information content (AvgIpc) is 2.18. The van der Waals surface area contributed by atoms with Crippen LogP contribution in [-0.2, 0) is 4.79 Å². The molecule has 1 aromatic rings. The van der Waals surface area contributed by atoms with E-state index in [0.717, 1.165) is 0 Å². The number of aromatic carboxylic acids is 1. The van der Waals surface area contributed by atoms with E-state index < -0.39 is 11.9 Å². The zero-order valence-corrected chi connectivity index (χ0v) is 7.60. The van der Waals surface area contributed by atoms with Crippen molar-refractivity contribution in [3.63, 3.8) is 0 Å². The Morgan fingerprint density at radius 2 is 2.07 bits per heavy atom. The standard InChI is InChI=1S/C10H7NO4/c12-9(13)3-1-2-8-5-4-7(6-11-8)10(14)15/h4-6H,3H2,(H,12,13)(H,14,15). The molecule has 0 aliphatic heterocycles. The molecule has 0 saturated heterocycles. The Bertz CT molecular complexity index is 439. The van der Waals surface area contributed by atoms with Gasteiger partial charge in [0.1, 0.15) is 12.1 Å². The number of hydrogen-bond acceptors (Lipinski definition) is 3. The fourth-order valence-corrected chi connectivity index (χ4v) is 0.805. The van der Waals surface area contributed by atoms with E-state index in [9.17, 15) is 9.59 Å². The van der Waals surface area contributed by atoms with Crippen LogP contribution in [0.3, 0.4) is 0 Å². The van der Waals surface area contributed by atoms with E-state index in [1.54, 1.807) is 0 Å². The van der Waals surface area contributed by atoms with Crippen molar-refractivity contribution in [1.82, 2.24) is 4.98 Å². The number of carboxylic acids is 2. The molecule has 1 heterocycles. The Morgan fingerprint density at radius 3 is 2.53 bits per heavy atom. The van der Waals surface area contributed by atoms with Crippen LogP contribution in [0.15, 0.2) is 18.3 Å². The number of aliphatic carboxylic acids is 1. The number of rotatable bonds is 2. The van der Waals surface area contributed by atoms with E-state index >= 15 is 0 Å². The van der Waals surface area contributed by atoms with Crippen LogP contribution in [0.4, 0.5) is 0 Å². The van der Waals surface area contributed by atoms with Crippen LogP contribution in [0.25, 0.3) is 0 Å². The maximum absolute atomic E-state index is 10.5. The smallest absolute Gasteiger partial charge is 0.337 e. The molecule has 15 heavy (non-hydrogen) atoms. The Hall–Kier alpha value is -2.35. The van der Waals surface area contributed by atoms with Gasteiger partial charge in [-0.2, -0.15) is 0 Å². The molecule has 0 aromatic carbocycles. The van der Waals surface area contributed by atoms with Crippen molar-refractivity contribution < 1.29 is 19.8 Å². The normalized spacial score (nSPS) is 8.80. The maximum atomic E-state index is 10.5. The van der Waals surface area contributed by atoms with E-state index in [0.29, 0.717) is 5.69 Å². The van der Waals surface area contributed by atoms with Gasteiger partial charge in [-0.25, -0.2) is 9.78 Å². The van der Waals surface area contributed by atoms with E-state index in [1.807, 2.05) is 0 Å². The minimum absolute atomic E-state index is 0.0683. The third-order valence-corrected chi connectivity index (χ3v) is 1.47. The van der Waals surface area contributed by atoms with E-state index in [1.165, 1.54) is 18.3 Å². The first-order valence-corrected chi connectivity index (χ1v) is 3.99. The van der Waals surface area contributed by atoms with E-state index in [2.05, 4.69) is 16.8 Å². The molecule has 0 amide bonds. The number of nitrogens with zero attached hydrogens (tertiary/aromatic N) is 1. The number of aromatic nitrogens is 1. The lowest BCUT2D eigenvalue weighted by atomic mass is 10.2. The van der Waals surface area contributed by atoms with Crippen molar-refractivity contribution in [3.8, 4) is 11.8 Å². The predicted octanol–water partition coefficient (Wildman–Crippen LogP) is 0.606. The highest BCUT2D eigenvalue weighted by atomic mass is 16.4. The van der Waals surface area contributed by atoms with Crippen LogP contribution < -0.4 is 0 Å². The zero-order chi connectivity index (χ0) is 11.3. The molecule has 0 fully saturated rings. The lowest BCUT2D eigenvalue weighted by Gasteiger charge is -1.92. The molecule has 0 bridgehead atoms. The predicted molar refractivity (Wildman–Crippen MR) is 50.3 cm³/mol. The van der Waals surface area contributed by atoms with Gasteiger partial charge in [0.25, 0.3) is 0 Å². The van der Waals surface area contributed by atoms with Crippen LogP contribution in [0, 0.1) is 11.8 Å². The van der Waals surface area contributed by atoms with Crippen LogP contribution >= 0.6 is 0 Å². The maximum Gasteiger partial charge on any atom is 0.337 e. The number of hydrogen-bond donors (Lipinski definition) is 2. The Kier molecular flexibility index (Phi) is 3.41. The second-order valence-corrected chi connectivity index (χ2v) is 2.61. The first kappa shape index (κ1) is 10.7. The number of carboxylic acid groups (broad SMARTS) is 2. The monoisotopic (exact) mass is 205 g/mol. The highest BCUT2D eigenvalue weighted by Gasteiger charge is 2.01. The van der Waals surface area contributed by atoms with Crippen molar-refractivity contribution in [2.24, 2.45) is 0 Å². The zero-order valence-electron chi connectivity index (χ0n) is 7.60. The summed E-state index contributed by atoms with van der Waals surface area (Å²) in [5.74, 6) is 2.83. The Balaban J connectivity index is 2.75. The van der Waals surface area contributed by atoms with Crippen LogP contribution in [0.2, 0.25) is 0 Å². The summed E-state index contributed by atoms with van der Waals surface area (Å²) in [5.41, 5.74) is 0.417. The van der Waals surface area contributed by atoms with Gasteiger partial charge in [0.2, 0.25) is 0 Å². The molecular weight excluding hydrogens is 198 g/mol. The second kappa shape index (κ2) is 4.77. The SMILES string of the molecule is O=C(O)CC#Cc1ccc(C(=O)O)cn1. The Labute approximate surface area is 85.4 Å². The summed E-state index contributed by atoms with van der Waals surface area (Å²) in [4.78, 5) is 24.3. The molecule has 1 rings (SSSR count). The fraction of sp³-hybridized carbons (Fsp3) is 0.100. The van der Waals surface area contributed by atoms with Crippen LogP contribution in [0.1, 0.15) is 22.5 Å². The molecule has 0 unspecified atom stereocenters. The third-order valence-electron chi connectivity index (χ3n) is 1.47. The lowest BCUT2D eigenvalue weighted by molar-refractivity contribution is -0.135. The number of carbonyl (C=O) groups is 2. The van der Waals surface area contributed by atoms with Crippen molar-refractivity contribution in [2.75, 3.05) is 0 Å². The summed E-state index contributed by atoms with van der Waals surface area (Å²) in [6, 6.07) is 2.79. The van der Waals surface area contributed by atoms with Crippen molar-refractivity contribution in [3.05, 3.63) is 29.6 Å². The van der Waals surface area contributed by atoms with Gasteiger partial charge in [0.05, 0.1) is 5.56 Å². The quantitative estimate of drug-likeness (QED) is 0.690. The summed E-state index contributed by atoms with van der Waals surface area (Å²) in [5, 5.41) is 16.9. The highest BCUT2D eigenvalue weighted by molar-refractivity contribution is 5.87. The van der Waals surface area contributed by atoms with E-state index in [4.69, 9.17) is 10.2 Å². The van der Waals surface area contributed by atoms with Gasteiger partial charge in [0, 0.05) is 6.20 Å². The summed E-state index contributed by atoms with van der Waals surface area (Å²) >= 11 is 0. The molecular formula is C10H7NO4. The summed E-state index contributed by atoms with van der Waals surface area (Å²) in [6.07, 6.45) is 0.912. The third kappa shape index (κ3) is 3.48. The molecule has 1 aromatic heterocycles. The minimum Gasteiger partial charge on any atom is -0.481 e. The first-order chi connectivity index (χ1) is 7.09. The first-order valence-electron chi connectivity index (χ1n) is 3.99. The second-order valence-electron chi connectivity index (χ2n) is 2.61. The molecule has 0 saturated carbocycles.